The summed E-state index contributed by atoms with van der Waals surface area (Å²) in [5, 5.41) is 2.98. The molecule has 1 aromatic rings. The summed E-state index contributed by atoms with van der Waals surface area (Å²) in [7, 11) is 0. The van der Waals surface area contributed by atoms with E-state index in [1.54, 1.807) is 0 Å². The average molecular weight is 351 g/mol. The minimum absolute atomic E-state index is 0.0559. The Balaban J connectivity index is 1.84. The van der Waals surface area contributed by atoms with E-state index in [9.17, 15) is 9.59 Å². The molecule has 1 spiro atoms. The number of nitrogens with zero attached hydrogens (tertiary/aromatic N) is 1. The monoisotopic (exact) mass is 350 g/mol. The van der Waals surface area contributed by atoms with Crippen LogP contribution in [0.4, 0.5) is 4.79 Å². The molecule has 5 heteroatoms. The molecule has 1 aliphatic carbocycles. The normalized spacial score (nSPS) is 29.0. The van der Waals surface area contributed by atoms with Gasteiger partial charge in [-0.25, -0.2) is 4.79 Å². The van der Waals surface area contributed by atoms with Gasteiger partial charge in [0.2, 0.25) is 0 Å². The largest absolute Gasteiger partial charge is 0.325 e. The highest BCUT2D eigenvalue weighted by Gasteiger charge is 2.54. The van der Waals surface area contributed by atoms with Crippen molar-refractivity contribution >= 4 is 27.9 Å². The summed E-state index contributed by atoms with van der Waals surface area (Å²) in [6.45, 7) is 2.40. The molecule has 0 unspecified atom stereocenters. The number of imide groups is 1. The standard InChI is InChI=1S/C16H19BrN2O2/c1-11-5-2-3-8-16(11)14(20)19(15(21)18-16)10-12-6-4-7-13(17)9-12/h4,6-7,9,11H,2-3,5,8,10H2,1H3,(H,18,21)/t11-,16-/m1/s1. The Hall–Kier alpha value is -1.36. The number of halogens is 1. The molecule has 0 aromatic heterocycles. The zero-order valence-corrected chi connectivity index (χ0v) is 13.6. The molecule has 2 aliphatic rings. The van der Waals surface area contributed by atoms with E-state index < -0.39 is 5.54 Å². The third-order valence-corrected chi connectivity index (χ3v) is 5.22. The lowest BCUT2D eigenvalue weighted by Crippen LogP contribution is -2.53. The molecule has 2 fully saturated rings. The smallest absolute Gasteiger partial charge is 0.323 e. The summed E-state index contributed by atoms with van der Waals surface area (Å²) in [4.78, 5) is 26.5. The highest BCUT2D eigenvalue weighted by molar-refractivity contribution is 9.10. The molecule has 1 aromatic carbocycles. The van der Waals surface area contributed by atoms with Crippen LogP contribution in [-0.2, 0) is 11.3 Å². The van der Waals surface area contributed by atoms with Crippen molar-refractivity contribution in [2.45, 2.75) is 44.7 Å². The van der Waals surface area contributed by atoms with Gasteiger partial charge >= 0.3 is 6.03 Å². The van der Waals surface area contributed by atoms with Gasteiger partial charge in [-0.2, -0.15) is 0 Å². The maximum Gasteiger partial charge on any atom is 0.325 e. The Bertz CT molecular complexity index is 589. The third-order valence-electron chi connectivity index (χ3n) is 4.73. The fourth-order valence-electron chi connectivity index (χ4n) is 3.46. The molecule has 0 bridgehead atoms. The molecule has 3 rings (SSSR count). The molecular formula is C16H19BrN2O2. The van der Waals surface area contributed by atoms with Crippen molar-refractivity contribution in [2.24, 2.45) is 5.92 Å². The first-order valence-electron chi connectivity index (χ1n) is 7.41. The number of nitrogens with one attached hydrogen (secondary N) is 1. The zero-order chi connectivity index (χ0) is 15.0. The van der Waals surface area contributed by atoms with Gasteiger partial charge in [0.05, 0.1) is 6.54 Å². The summed E-state index contributed by atoms with van der Waals surface area (Å²) in [5.74, 6) is 0.148. The molecule has 3 amide bonds. The topological polar surface area (TPSA) is 49.4 Å². The van der Waals surface area contributed by atoms with Crippen molar-refractivity contribution in [3.63, 3.8) is 0 Å². The molecule has 1 N–H and O–H groups in total. The van der Waals surface area contributed by atoms with Crippen molar-refractivity contribution in [1.82, 2.24) is 10.2 Å². The summed E-state index contributed by atoms with van der Waals surface area (Å²) in [6.07, 6.45) is 3.89. The number of carbonyl (C=O) groups is 2. The van der Waals surface area contributed by atoms with Gasteiger partial charge in [0.15, 0.2) is 0 Å². The molecule has 1 heterocycles. The molecule has 1 aliphatic heterocycles. The molecule has 4 nitrogen and oxygen atoms in total. The van der Waals surface area contributed by atoms with Crippen LogP contribution in [0.15, 0.2) is 28.7 Å². The predicted octanol–water partition coefficient (Wildman–Crippen LogP) is 3.45. The Morgan fingerprint density at radius 2 is 2.19 bits per heavy atom. The number of benzene rings is 1. The second kappa shape index (κ2) is 5.44. The van der Waals surface area contributed by atoms with Crippen molar-refractivity contribution in [2.75, 3.05) is 0 Å². The maximum absolute atomic E-state index is 12.8. The maximum atomic E-state index is 12.8. The first-order valence-corrected chi connectivity index (χ1v) is 8.21. The Kier molecular flexibility index (Phi) is 3.78. The van der Waals surface area contributed by atoms with E-state index in [0.29, 0.717) is 6.54 Å². The van der Waals surface area contributed by atoms with Crippen LogP contribution in [0.5, 0.6) is 0 Å². The van der Waals surface area contributed by atoms with Crippen LogP contribution in [0, 0.1) is 5.92 Å². The van der Waals surface area contributed by atoms with E-state index in [1.807, 2.05) is 24.3 Å². The van der Waals surface area contributed by atoms with Gasteiger partial charge < -0.3 is 5.32 Å². The molecule has 1 saturated heterocycles. The van der Waals surface area contributed by atoms with Gasteiger partial charge in [-0.15, -0.1) is 0 Å². The van der Waals surface area contributed by atoms with E-state index in [1.165, 1.54) is 4.90 Å². The Morgan fingerprint density at radius 1 is 1.38 bits per heavy atom. The highest BCUT2D eigenvalue weighted by Crippen LogP contribution is 2.38. The first-order chi connectivity index (χ1) is 10.0. The second-order valence-corrected chi connectivity index (χ2v) is 6.99. The summed E-state index contributed by atoms with van der Waals surface area (Å²) in [5.41, 5.74) is 0.287. The zero-order valence-electron chi connectivity index (χ0n) is 12.1. The number of hydrogen-bond donors (Lipinski definition) is 1. The van der Waals surface area contributed by atoms with Gasteiger partial charge in [0, 0.05) is 4.47 Å². The summed E-state index contributed by atoms with van der Waals surface area (Å²) < 4.78 is 0.952. The van der Waals surface area contributed by atoms with Crippen LogP contribution in [0.2, 0.25) is 0 Å². The number of hydrogen-bond acceptors (Lipinski definition) is 2. The van der Waals surface area contributed by atoms with Crippen LogP contribution >= 0.6 is 15.9 Å². The van der Waals surface area contributed by atoms with E-state index in [4.69, 9.17) is 0 Å². The summed E-state index contributed by atoms with van der Waals surface area (Å²) in [6, 6.07) is 7.46. The van der Waals surface area contributed by atoms with E-state index in [0.717, 1.165) is 35.7 Å². The number of amides is 3. The van der Waals surface area contributed by atoms with Crippen molar-refractivity contribution in [3.8, 4) is 0 Å². The lowest BCUT2D eigenvalue weighted by molar-refractivity contribution is -0.134. The fourth-order valence-corrected chi connectivity index (χ4v) is 3.90. The lowest BCUT2D eigenvalue weighted by Gasteiger charge is -2.36. The fraction of sp³-hybridized carbons (Fsp3) is 0.500. The minimum atomic E-state index is -0.665. The van der Waals surface area contributed by atoms with E-state index >= 15 is 0 Å². The van der Waals surface area contributed by atoms with Gasteiger partial charge in [-0.1, -0.05) is 47.8 Å². The van der Waals surface area contributed by atoms with Crippen LogP contribution in [0.3, 0.4) is 0 Å². The predicted molar refractivity (Wildman–Crippen MR) is 83.6 cm³/mol. The second-order valence-electron chi connectivity index (χ2n) is 6.07. The Morgan fingerprint density at radius 3 is 2.90 bits per heavy atom. The van der Waals surface area contributed by atoms with Gasteiger partial charge in [0.25, 0.3) is 5.91 Å². The summed E-state index contributed by atoms with van der Waals surface area (Å²) >= 11 is 3.42. The van der Waals surface area contributed by atoms with Gasteiger partial charge in [0.1, 0.15) is 5.54 Å². The van der Waals surface area contributed by atoms with Crippen molar-refractivity contribution in [1.29, 1.82) is 0 Å². The van der Waals surface area contributed by atoms with Crippen molar-refractivity contribution in [3.05, 3.63) is 34.3 Å². The van der Waals surface area contributed by atoms with E-state index in [-0.39, 0.29) is 17.9 Å². The van der Waals surface area contributed by atoms with E-state index in [2.05, 4.69) is 28.2 Å². The number of carbonyl (C=O) groups excluding carboxylic acids is 2. The van der Waals surface area contributed by atoms with Gasteiger partial charge in [-0.05, 0) is 36.5 Å². The lowest BCUT2D eigenvalue weighted by atomic mass is 9.73. The van der Waals surface area contributed by atoms with Gasteiger partial charge in [-0.3, -0.25) is 9.69 Å². The number of urea groups is 1. The van der Waals surface area contributed by atoms with Crippen LogP contribution < -0.4 is 5.32 Å². The van der Waals surface area contributed by atoms with Crippen LogP contribution in [0.25, 0.3) is 0 Å². The van der Waals surface area contributed by atoms with Crippen LogP contribution in [0.1, 0.15) is 38.2 Å². The third kappa shape index (κ3) is 2.48. The molecule has 21 heavy (non-hydrogen) atoms. The molecule has 112 valence electrons. The quantitative estimate of drug-likeness (QED) is 0.830. The number of rotatable bonds is 2. The first kappa shape index (κ1) is 14.6. The molecular weight excluding hydrogens is 332 g/mol. The molecule has 1 saturated carbocycles. The Labute approximate surface area is 133 Å². The van der Waals surface area contributed by atoms with Crippen LogP contribution in [-0.4, -0.2) is 22.4 Å². The minimum Gasteiger partial charge on any atom is -0.323 e. The average Bonchev–Trinajstić information content (AvgIpc) is 2.68. The van der Waals surface area contributed by atoms with Crippen molar-refractivity contribution < 1.29 is 9.59 Å². The molecule has 2 atom stereocenters. The SMILES string of the molecule is C[C@@H]1CCCC[C@@]12NC(=O)N(Cc1cccc(Br)c1)C2=O. The highest BCUT2D eigenvalue weighted by atomic mass is 79.9. The molecule has 0 radical (unpaired) electrons.